The van der Waals surface area contributed by atoms with Gasteiger partial charge in [-0.25, -0.2) is 9.18 Å². The summed E-state index contributed by atoms with van der Waals surface area (Å²) < 4.78 is 48.9. The van der Waals surface area contributed by atoms with Crippen molar-refractivity contribution in [3.05, 3.63) is 35.1 Å². The molecule has 1 aromatic rings. The molecule has 2 N–H and O–H groups in total. The molecule has 7 heteroatoms. The van der Waals surface area contributed by atoms with E-state index in [1.807, 2.05) is 0 Å². The highest BCUT2D eigenvalue weighted by atomic mass is 19.4. The molecule has 0 aromatic heterocycles. The number of carboxylic acid groups (broad SMARTS) is 1. The second-order valence-electron chi connectivity index (χ2n) is 4.01. The number of aromatic carboxylic acids is 1. The Kier molecular flexibility index (Phi) is 5.29. The van der Waals surface area contributed by atoms with E-state index in [1.54, 1.807) is 0 Å². The lowest BCUT2D eigenvalue weighted by Gasteiger charge is -2.08. The predicted molar refractivity (Wildman–Crippen MR) is 60.4 cm³/mol. The minimum absolute atomic E-state index is 0.00912. The minimum Gasteiger partial charge on any atom is -0.478 e. The van der Waals surface area contributed by atoms with Gasteiger partial charge in [0.2, 0.25) is 0 Å². The van der Waals surface area contributed by atoms with Gasteiger partial charge in [-0.1, -0.05) is 0 Å². The molecule has 0 aliphatic carbocycles. The molecule has 0 aliphatic rings. The Morgan fingerprint density at radius 1 is 1.32 bits per heavy atom. The molecule has 106 valence electrons. The first-order chi connectivity index (χ1) is 8.79. The van der Waals surface area contributed by atoms with Crippen LogP contribution < -0.4 is 5.32 Å². The van der Waals surface area contributed by atoms with E-state index >= 15 is 0 Å². The zero-order chi connectivity index (χ0) is 14.5. The Morgan fingerprint density at radius 3 is 2.58 bits per heavy atom. The van der Waals surface area contributed by atoms with Crippen molar-refractivity contribution in [1.29, 1.82) is 0 Å². The highest BCUT2D eigenvalue weighted by Crippen LogP contribution is 2.20. The Labute approximate surface area is 107 Å². The molecular weight excluding hydrogens is 266 g/mol. The zero-order valence-electron chi connectivity index (χ0n) is 9.93. The van der Waals surface area contributed by atoms with Gasteiger partial charge in [-0.05, 0) is 31.2 Å². The standard InChI is InChI=1S/C12H13F4NO2/c13-10-3-2-8(11(18)19)6-9(10)7-17-5-1-4-12(14,15)16/h2-3,6,17H,1,4-5,7H2,(H,18,19). The Bertz CT molecular complexity index is 446. The van der Waals surface area contributed by atoms with E-state index in [2.05, 4.69) is 5.32 Å². The molecule has 0 saturated heterocycles. The van der Waals surface area contributed by atoms with E-state index < -0.39 is 24.4 Å². The summed E-state index contributed by atoms with van der Waals surface area (Å²) in [5, 5.41) is 11.4. The molecule has 0 amide bonds. The third-order valence-corrected chi connectivity index (χ3v) is 2.42. The smallest absolute Gasteiger partial charge is 0.389 e. The molecular formula is C12H13F4NO2. The van der Waals surface area contributed by atoms with Gasteiger partial charge in [-0.15, -0.1) is 0 Å². The van der Waals surface area contributed by atoms with E-state index in [-0.39, 0.29) is 30.6 Å². The van der Waals surface area contributed by atoms with Gasteiger partial charge in [0.05, 0.1) is 5.56 Å². The van der Waals surface area contributed by atoms with Crippen LogP contribution in [0.25, 0.3) is 0 Å². The van der Waals surface area contributed by atoms with Crippen molar-refractivity contribution in [1.82, 2.24) is 5.32 Å². The number of hydrogen-bond acceptors (Lipinski definition) is 2. The van der Waals surface area contributed by atoms with Crippen molar-refractivity contribution in [2.45, 2.75) is 25.6 Å². The molecule has 0 radical (unpaired) electrons. The first kappa shape index (κ1) is 15.4. The first-order valence-corrected chi connectivity index (χ1v) is 5.59. The maximum atomic E-state index is 13.3. The zero-order valence-corrected chi connectivity index (χ0v) is 9.93. The number of rotatable bonds is 6. The molecule has 0 saturated carbocycles. The van der Waals surface area contributed by atoms with E-state index in [0.717, 1.165) is 18.2 Å². The van der Waals surface area contributed by atoms with Crippen molar-refractivity contribution in [2.24, 2.45) is 0 Å². The average Bonchev–Trinajstić information content (AvgIpc) is 2.29. The Hall–Kier alpha value is -1.63. The van der Waals surface area contributed by atoms with Crippen LogP contribution in [-0.4, -0.2) is 23.8 Å². The second kappa shape index (κ2) is 6.51. The van der Waals surface area contributed by atoms with Crippen LogP contribution in [0.5, 0.6) is 0 Å². The van der Waals surface area contributed by atoms with E-state index in [4.69, 9.17) is 5.11 Å². The van der Waals surface area contributed by atoms with Crippen molar-refractivity contribution >= 4 is 5.97 Å². The van der Waals surface area contributed by atoms with Crippen LogP contribution in [0.3, 0.4) is 0 Å². The SMILES string of the molecule is O=C(O)c1ccc(F)c(CNCCCC(F)(F)F)c1. The van der Waals surface area contributed by atoms with Gasteiger partial charge in [0, 0.05) is 18.5 Å². The fourth-order valence-electron chi connectivity index (χ4n) is 1.48. The largest absolute Gasteiger partial charge is 0.478 e. The van der Waals surface area contributed by atoms with Crippen LogP contribution in [0.2, 0.25) is 0 Å². The molecule has 1 rings (SSSR count). The molecule has 0 aliphatic heterocycles. The van der Waals surface area contributed by atoms with Gasteiger partial charge in [-0.2, -0.15) is 13.2 Å². The maximum Gasteiger partial charge on any atom is 0.389 e. The molecule has 0 fully saturated rings. The van der Waals surface area contributed by atoms with Crippen LogP contribution in [0.1, 0.15) is 28.8 Å². The van der Waals surface area contributed by atoms with Crippen molar-refractivity contribution in [2.75, 3.05) is 6.54 Å². The Balaban J connectivity index is 2.45. The van der Waals surface area contributed by atoms with Gasteiger partial charge in [0.1, 0.15) is 5.82 Å². The number of nitrogens with one attached hydrogen (secondary N) is 1. The topological polar surface area (TPSA) is 49.3 Å². The lowest BCUT2D eigenvalue weighted by atomic mass is 10.1. The molecule has 0 bridgehead atoms. The minimum atomic E-state index is -4.20. The van der Waals surface area contributed by atoms with Gasteiger partial charge in [-0.3, -0.25) is 0 Å². The summed E-state index contributed by atoms with van der Waals surface area (Å²) in [4.78, 5) is 10.7. The molecule has 0 unspecified atom stereocenters. The summed E-state index contributed by atoms with van der Waals surface area (Å²) in [6.45, 7) is 0.0705. The normalized spacial score (nSPS) is 11.6. The summed E-state index contributed by atoms with van der Waals surface area (Å²) in [5.41, 5.74) is 0.0559. The van der Waals surface area contributed by atoms with Crippen LogP contribution in [0.15, 0.2) is 18.2 Å². The fraction of sp³-hybridized carbons (Fsp3) is 0.417. The Morgan fingerprint density at radius 2 is 2.00 bits per heavy atom. The quantitative estimate of drug-likeness (QED) is 0.621. The summed E-state index contributed by atoms with van der Waals surface area (Å²) >= 11 is 0. The van der Waals surface area contributed by atoms with Crippen molar-refractivity contribution in [3.8, 4) is 0 Å². The number of halogens is 4. The van der Waals surface area contributed by atoms with Gasteiger partial charge in [0.15, 0.2) is 0 Å². The van der Waals surface area contributed by atoms with Crippen LogP contribution >= 0.6 is 0 Å². The predicted octanol–water partition coefficient (Wildman–Crippen LogP) is 2.96. The molecule has 0 spiro atoms. The van der Waals surface area contributed by atoms with Gasteiger partial charge in [0.25, 0.3) is 0 Å². The third kappa shape index (κ3) is 5.69. The van der Waals surface area contributed by atoms with E-state index in [0.29, 0.717) is 0 Å². The second-order valence-corrected chi connectivity index (χ2v) is 4.01. The average molecular weight is 279 g/mol. The van der Waals surface area contributed by atoms with E-state index in [1.165, 1.54) is 0 Å². The number of hydrogen-bond donors (Lipinski definition) is 2. The summed E-state index contributed by atoms with van der Waals surface area (Å²) in [6.07, 6.45) is -5.21. The van der Waals surface area contributed by atoms with Crippen molar-refractivity contribution < 1.29 is 27.5 Å². The summed E-state index contributed by atoms with van der Waals surface area (Å²) in [5.74, 6) is -1.77. The lowest BCUT2D eigenvalue weighted by molar-refractivity contribution is -0.135. The molecule has 0 atom stereocenters. The highest BCUT2D eigenvalue weighted by Gasteiger charge is 2.25. The van der Waals surface area contributed by atoms with Crippen molar-refractivity contribution in [3.63, 3.8) is 0 Å². The number of alkyl halides is 3. The molecule has 0 heterocycles. The number of carboxylic acids is 1. The summed E-state index contributed by atoms with van der Waals surface area (Å²) in [6, 6.07) is 3.31. The molecule has 19 heavy (non-hydrogen) atoms. The van der Waals surface area contributed by atoms with Gasteiger partial charge < -0.3 is 10.4 Å². The van der Waals surface area contributed by atoms with Crippen LogP contribution in [0, 0.1) is 5.82 Å². The number of benzene rings is 1. The lowest BCUT2D eigenvalue weighted by Crippen LogP contribution is -2.18. The van der Waals surface area contributed by atoms with Gasteiger partial charge >= 0.3 is 12.1 Å². The maximum absolute atomic E-state index is 13.3. The number of carbonyl (C=O) groups is 1. The van der Waals surface area contributed by atoms with Crippen LogP contribution in [-0.2, 0) is 6.54 Å². The summed E-state index contributed by atoms with van der Waals surface area (Å²) in [7, 11) is 0. The molecule has 1 aromatic carbocycles. The molecule has 3 nitrogen and oxygen atoms in total. The first-order valence-electron chi connectivity index (χ1n) is 5.59. The van der Waals surface area contributed by atoms with Crippen LogP contribution in [0.4, 0.5) is 17.6 Å². The monoisotopic (exact) mass is 279 g/mol. The fourth-order valence-corrected chi connectivity index (χ4v) is 1.48. The highest BCUT2D eigenvalue weighted by molar-refractivity contribution is 5.87. The third-order valence-electron chi connectivity index (χ3n) is 2.42. The van der Waals surface area contributed by atoms with E-state index in [9.17, 15) is 22.4 Å².